The van der Waals surface area contributed by atoms with Crippen molar-refractivity contribution in [2.24, 2.45) is 0 Å². The quantitative estimate of drug-likeness (QED) is 0.404. The summed E-state index contributed by atoms with van der Waals surface area (Å²) >= 11 is 0. The molecule has 0 aliphatic rings. The van der Waals surface area contributed by atoms with E-state index in [0.717, 1.165) is 4.90 Å². The summed E-state index contributed by atoms with van der Waals surface area (Å²) in [6.07, 6.45) is 0. The molecule has 78 valence electrons. The van der Waals surface area contributed by atoms with E-state index in [1.54, 1.807) is 0 Å². The van der Waals surface area contributed by atoms with Crippen LogP contribution in [0.5, 0.6) is 0 Å². The van der Waals surface area contributed by atoms with E-state index in [1.165, 1.54) is 0 Å². The molecule has 0 saturated carbocycles. The Hall–Kier alpha value is 1.01. The number of carbonyl (C=O) groups is 3. The molecule has 0 spiro atoms. The molecule has 3 N–H and O–H groups in total. The Kier molecular flexibility index (Phi) is 16.3. The Balaban J connectivity index is -0.000000120. The maximum atomic E-state index is 10.1. The zero-order valence-electron chi connectivity index (χ0n) is 10.6. The SMILES string of the molecule is O=C(O)CN(CC(=O)O)CC(=O)O.[H-].[H-].[K+].[Na+]. The molecule has 0 fully saturated rings. The molecule has 0 atom stereocenters. The minimum absolute atomic E-state index is 0. The zero-order chi connectivity index (χ0) is 10.4. The first-order chi connectivity index (χ1) is 5.91. The smallest absolute Gasteiger partial charge is 1.00 e. The van der Waals surface area contributed by atoms with Crippen molar-refractivity contribution in [1.29, 1.82) is 0 Å². The predicted octanol–water partition coefficient (Wildman–Crippen LogP) is -7.22. The van der Waals surface area contributed by atoms with Gasteiger partial charge in [0.05, 0.1) is 19.6 Å². The summed E-state index contributed by atoms with van der Waals surface area (Å²) in [4.78, 5) is 31.2. The van der Waals surface area contributed by atoms with E-state index in [2.05, 4.69) is 0 Å². The Bertz CT molecular complexity index is 207. The fraction of sp³-hybridized carbons (Fsp3) is 0.500. The summed E-state index contributed by atoms with van der Waals surface area (Å²) in [5, 5.41) is 24.8. The molecule has 0 heterocycles. The fourth-order valence-corrected chi connectivity index (χ4v) is 0.742. The van der Waals surface area contributed by atoms with Gasteiger partial charge >= 0.3 is 98.8 Å². The second-order valence-corrected chi connectivity index (χ2v) is 2.33. The molecule has 0 aromatic heterocycles. The van der Waals surface area contributed by atoms with Gasteiger partial charge in [0, 0.05) is 0 Å². The molecule has 0 saturated heterocycles. The Morgan fingerprint density at radius 3 is 1.20 bits per heavy atom. The van der Waals surface area contributed by atoms with Gasteiger partial charge in [0.25, 0.3) is 0 Å². The van der Waals surface area contributed by atoms with Gasteiger partial charge in [-0.05, 0) is 0 Å². The monoisotopic (exact) mass is 255 g/mol. The van der Waals surface area contributed by atoms with E-state index in [0.29, 0.717) is 0 Å². The van der Waals surface area contributed by atoms with Gasteiger partial charge in [0.2, 0.25) is 0 Å². The number of rotatable bonds is 6. The number of hydrogen-bond acceptors (Lipinski definition) is 4. The largest absolute Gasteiger partial charge is 1.00 e. The third kappa shape index (κ3) is 15.0. The topological polar surface area (TPSA) is 115 Å². The van der Waals surface area contributed by atoms with Crippen LogP contribution in [0, 0.1) is 0 Å². The first kappa shape index (κ1) is 21.3. The summed E-state index contributed by atoms with van der Waals surface area (Å²) in [6, 6.07) is 0. The zero-order valence-corrected chi connectivity index (χ0v) is 13.8. The van der Waals surface area contributed by atoms with E-state index in [4.69, 9.17) is 15.3 Å². The Labute approximate surface area is 153 Å². The molecule has 15 heavy (non-hydrogen) atoms. The maximum Gasteiger partial charge on any atom is 1.00 e. The van der Waals surface area contributed by atoms with Gasteiger partial charge in [0.1, 0.15) is 0 Å². The van der Waals surface area contributed by atoms with Crippen molar-refractivity contribution in [3.63, 3.8) is 0 Å². The minimum atomic E-state index is -1.26. The second kappa shape index (κ2) is 11.5. The fourth-order valence-electron chi connectivity index (χ4n) is 0.742. The van der Waals surface area contributed by atoms with Crippen LogP contribution in [-0.2, 0) is 14.4 Å². The molecule has 0 aliphatic carbocycles. The molecule has 0 radical (unpaired) electrons. The van der Waals surface area contributed by atoms with Crippen molar-refractivity contribution >= 4 is 17.9 Å². The van der Waals surface area contributed by atoms with Crippen LogP contribution in [0.25, 0.3) is 0 Å². The first-order valence-corrected chi connectivity index (χ1v) is 3.29. The van der Waals surface area contributed by atoms with Gasteiger partial charge in [0.15, 0.2) is 0 Å². The average Bonchev–Trinajstić information content (AvgIpc) is 1.80. The number of nitrogens with zero attached hydrogens (tertiary/aromatic N) is 1. The van der Waals surface area contributed by atoms with E-state index in [1.807, 2.05) is 0 Å². The number of aliphatic carboxylic acids is 3. The van der Waals surface area contributed by atoms with Crippen LogP contribution in [0.2, 0.25) is 0 Å². The van der Waals surface area contributed by atoms with E-state index >= 15 is 0 Å². The van der Waals surface area contributed by atoms with Crippen LogP contribution in [0.15, 0.2) is 0 Å². The standard InChI is InChI=1S/C6H9NO6.K.Na.2H/c8-4(9)1-7(2-5(10)11)3-6(12)13;;;;/h1-3H2,(H,8,9)(H,10,11)(H,12,13);;;;/q;2*+1;2*-1. The molecule has 0 aromatic carbocycles. The van der Waals surface area contributed by atoms with Gasteiger partial charge in [-0.3, -0.25) is 19.3 Å². The van der Waals surface area contributed by atoms with Gasteiger partial charge in [-0.1, -0.05) is 0 Å². The number of carboxylic acid groups (broad SMARTS) is 3. The third-order valence-corrected chi connectivity index (χ3v) is 1.08. The van der Waals surface area contributed by atoms with Crippen molar-refractivity contribution in [3.8, 4) is 0 Å². The summed E-state index contributed by atoms with van der Waals surface area (Å²) in [5.74, 6) is -3.78. The molecular formula is C6H11KNNaO6. The molecule has 0 aliphatic heterocycles. The van der Waals surface area contributed by atoms with Gasteiger partial charge in [-0.25, -0.2) is 0 Å². The predicted molar refractivity (Wildman–Crippen MR) is 41.6 cm³/mol. The maximum absolute atomic E-state index is 10.1. The van der Waals surface area contributed by atoms with Gasteiger partial charge < -0.3 is 18.2 Å². The van der Waals surface area contributed by atoms with Crippen LogP contribution < -0.4 is 80.9 Å². The molecular weight excluding hydrogens is 244 g/mol. The summed E-state index contributed by atoms with van der Waals surface area (Å²) in [5.41, 5.74) is 0. The van der Waals surface area contributed by atoms with Crippen LogP contribution in [0.4, 0.5) is 0 Å². The van der Waals surface area contributed by atoms with Crippen molar-refractivity contribution in [2.45, 2.75) is 0 Å². The van der Waals surface area contributed by atoms with Gasteiger partial charge in [-0.15, -0.1) is 0 Å². The molecule has 9 heteroatoms. The minimum Gasteiger partial charge on any atom is -1.00 e. The van der Waals surface area contributed by atoms with Crippen LogP contribution in [0.3, 0.4) is 0 Å². The summed E-state index contributed by atoms with van der Waals surface area (Å²) < 4.78 is 0. The molecule has 0 bridgehead atoms. The van der Waals surface area contributed by atoms with E-state index in [9.17, 15) is 14.4 Å². The van der Waals surface area contributed by atoms with Crippen molar-refractivity contribution in [2.75, 3.05) is 19.6 Å². The second-order valence-electron chi connectivity index (χ2n) is 2.33. The molecule has 0 aromatic rings. The van der Waals surface area contributed by atoms with Crippen molar-refractivity contribution in [3.05, 3.63) is 0 Å². The van der Waals surface area contributed by atoms with Crippen LogP contribution in [0.1, 0.15) is 2.85 Å². The van der Waals surface area contributed by atoms with E-state index < -0.39 is 37.5 Å². The van der Waals surface area contributed by atoms with E-state index in [-0.39, 0.29) is 83.8 Å². The van der Waals surface area contributed by atoms with Gasteiger partial charge in [-0.2, -0.15) is 0 Å². The summed E-state index contributed by atoms with van der Waals surface area (Å²) in [6.45, 7) is -1.80. The van der Waals surface area contributed by atoms with Crippen LogP contribution in [-0.4, -0.2) is 57.8 Å². The summed E-state index contributed by atoms with van der Waals surface area (Å²) in [7, 11) is 0. The number of hydrogen-bond donors (Lipinski definition) is 3. The number of carboxylic acids is 3. The normalized spacial score (nSPS) is 8.60. The molecule has 7 nitrogen and oxygen atoms in total. The molecule has 0 rings (SSSR count). The Morgan fingerprint density at radius 1 is 0.867 bits per heavy atom. The first-order valence-electron chi connectivity index (χ1n) is 3.29. The third-order valence-electron chi connectivity index (χ3n) is 1.08. The average molecular weight is 255 g/mol. The Morgan fingerprint density at radius 2 is 1.07 bits per heavy atom. The van der Waals surface area contributed by atoms with Crippen LogP contribution >= 0.6 is 0 Å². The molecule has 0 unspecified atom stereocenters. The van der Waals surface area contributed by atoms with Crippen molar-refractivity contribution < 1.29 is 113 Å². The van der Waals surface area contributed by atoms with Crippen molar-refractivity contribution in [1.82, 2.24) is 4.90 Å². The molecule has 0 amide bonds.